The van der Waals surface area contributed by atoms with Crippen LogP contribution in [0.3, 0.4) is 0 Å². The van der Waals surface area contributed by atoms with Gasteiger partial charge in [0.25, 0.3) is 0 Å². The number of nitrogens with one attached hydrogen (secondary N) is 2. The van der Waals surface area contributed by atoms with Crippen molar-refractivity contribution < 1.29 is 4.74 Å². The lowest BCUT2D eigenvalue weighted by molar-refractivity contribution is 0.234. The van der Waals surface area contributed by atoms with Crippen molar-refractivity contribution in [2.45, 2.75) is 51.1 Å². The zero-order valence-corrected chi connectivity index (χ0v) is 18.5. The number of nitrogens with zero attached hydrogens (tertiary/aromatic N) is 3. The van der Waals surface area contributed by atoms with Crippen molar-refractivity contribution in [3.8, 4) is 5.75 Å². The molecule has 0 bridgehead atoms. The van der Waals surface area contributed by atoms with Crippen LogP contribution >= 0.6 is 0 Å². The molecular weight excluding hydrogens is 362 g/mol. The molecule has 2 fully saturated rings. The van der Waals surface area contributed by atoms with Gasteiger partial charge in [-0.15, -0.1) is 0 Å². The third-order valence-electron chi connectivity index (χ3n) is 6.40. The molecule has 1 aromatic rings. The van der Waals surface area contributed by atoms with Crippen molar-refractivity contribution in [1.29, 1.82) is 0 Å². The molecule has 0 amide bonds. The van der Waals surface area contributed by atoms with E-state index in [0.29, 0.717) is 12.1 Å². The van der Waals surface area contributed by atoms with E-state index in [1.165, 1.54) is 50.8 Å². The monoisotopic (exact) mass is 401 g/mol. The second-order valence-electron chi connectivity index (χ2n) is 8.17. The van der Waals surface area contributed by atoms with Crippen LogP contribution in [-0.2, 0) is 0 Å². The lowest BCUT2D eigenvalue weighted by Gasteiger charge is -2.30. The van der Waals surface area contributed by atoms with Gasteiger partial charge < -0.3 is 15.4 Å². The van der Waals surface area contributed by atoms with E-state index >= 15 is 0 Å². The Morgan fingerprint density at radius 1 is 0.966 bits per heavy atom. The smallest absolute Gasteiger partial charge is 0.191 e. The molecular formula is C23H39N5O. The van der Waals surface area contributed by atoms with Crippen molar-refractivity contribution in [1.82, 2.24) is 20.4 Å². The van der Waals surface area contributed by atoms with Crippen LogP contribution in [0.2, 0.25) is 0 Å². The Labute approximate surface area is 176 Å². The van der Waals surface area contributed by atoms with Crippen LogP contribution in [0.25, 0.3) is 0 Å². The molecule has 2 unspecified atom stereocenters. The average Bonchev–Trinajstić information content (AvgIpc) is 3.48. The summed E-state index contributed by atoms with van der Waals surface area (Å²) in [6.45, 7) is 8.89. The van der Waals surface area contributed by atoms with Gasteiger partial charge in [-0.05, 0) is 76.0 Å². The number of guanidine groups is 1. The summed E-state index contributed by atoms with van der Waals surface area (Å²) in [5.41, 5.74) is 1.33. The van der Waals surface area contributed by atoms with Crippen molar-refractivity contribution in [2.75, 3.05) is 53.4 Å². The van der Waals surface area contributed by atoms with E-state index in [-0.39, 0.29) is 0 Å². The predicted octanol–water partition coefficient (Wildman–Crippen LogP) is 2.87. The molecule has 6 nitrogen and oxygen atoms in total. The minimum Gasteiger partial charge on any atom is -0.497 e. The molecule has 2 saturated heterocycles. The molecule has 0 radical (unpaired) electrons. The molecule has 2 aliphatic rings. The summed E-state index contributed by atoms with van der Waals surface area (Å²) < 4.78 is 5.33. The van der Waals surface area contributed by atoms with Gasteiger partial charge in [0.1, 0.15) is 5.75 Å². The fraction of sp³-hybridized carbons (Fsp3) is 0.696. The highest BCUT2D eigenvalue weighted by Crippen LogP contribution is 2.26. The van der Waals surface area contributed by atoms with Gasteiger partial charge in [0.2, 0.25) is 0 Å². The fourth-order valence-corrected chi connectivity index (χ4v) is 4.60. The summed E-state index contributed by atoms with van der Waals surface area (Å²) in [5, 5.41) is 7.16. The molecule has 2 atom stereocenters. The van der Waals surface area contributed by atoms with Crippen molar-refractivity contribution in [3.63, 3.8) is 0 Å². The van der Waals surface area contributed by atoms with E-state index in [1.807, 2.05) is 7.05 Å². The largest absolute Gasteiger partial charge is 0.497 e. The highest BCUT2D eigenvalue weighted by molar-refractivity contribution is 5.79. The highest BCUT2D eigenvalue weighted by Gasteiger charge is 2.24. The minimum atomic E-state index is 0.350. The maximum atomic E-state index is 5.33. The van der Waals surface area contributed by atoms with E-state index in [0.717, 1.165) is 37.9 Å². The van der Waals surface area contributed by atoms with Crippen LogP contribution in [0.5, 0.6) is 5.75 Å². The molecule has 162 valence electrons. The topological polar surface area (TPSA) is 52.1 Å². The van der Waals surface area contributed by atoms with Gasteiger partial charge in [-0.2, -0.15) is 0 Å². The Hall–Kier alpha value is -1.79. The second kappa shape index (κ2) is 11.4. The number of likely N-dealkylation sites (tertiary alicyclic amines) is 2. The Bertz CT molecular complexity index is 621. The molecule has 2 heterocycles. The van der Waals surface area contributed by atoms with Crippen LogP contribution in [0.4, 0.5) is 0 Å². The van der Waals surface area contributed by atoms with Gasteiger partial charge in [0, 0.05) is 26.2 Å². The normalized spacial score (nSPS) is 20.6. The lowest BCUT2D eigenvalue weighted by Crippen LogP contribution is -2.47. The highest BCUT2D eigenvalue weighted by atomic mass is 16.5. The SMILES string of the molecule is CCC(CNC(=NC)NCC(c1ccc(OC)cc1)N1CCCC1)N1CCCC1. The zero-order chi connectivity index (χ0) is 20.5. The van der Waals surface area contributed by atoms with E-state index in [1.54, 1.807) is 7.11 Å². The van der Waals surface area contributed by atoms with Crippen LogP contribution in [0, 0.1) is 0 Å². The number of methoxy groups -OCH3 is 1. The van der Waals surface area contributed by atoms with Crippen LogP contribution in [0.1, 0.15) is 50.6 Å². The molecule has 0 aromatic heterocycles. The maximum Gasteiger partial charge on any atom is 0.191 e. The zero-order valence-electron chi connectivity index (χ0n) is 18.5. The van der Waals surface area contributed by atoms with E-state index < -0.39 is 0 Å². The Balaban J connectivity index is 1.57. The van der Waals surface area contributed by atoms with E-state index in [2.05, 4.69) is 56.6 Å². The van der Waals surface area contributed by atoms with Crippen molar-refractivity contribution in [3.05, 3.63) is 29.8 Å². The molecule has 29 heavy (non-hydrogen) atoms. The van der Waals surface area contributed by atoms with E-state index in [9.17, 15) is 0 Å². The standard InChI is InChI=1S/C23H39N5O/c1-4-20(27-13-5-6-14-27)17-25-23(24-2)26-18-22(28-15-7-8-16-28)19-9-11-21(29-3)12-10-19/h9-12,20,22H,4-8,13-18H2,1-3H3,(H2,24,25,26). The fourth-order valence-electron chi connectivity index (χ4n) is 4.60. The van der Waals surface area contributed by atoms with Crippen molar-refractivity contribution in [2.24, 2.45) is 4.99 Å². The summed E-state index contributed by atoms with van der Waals surface area (Å²) >= 11 is 0. The molecule has 0 saturated carbocycles. The lowest BCUT2D eigenvalue weighted by atomic mass is 10.1. The van der Waals surface area contributed by atoms with Gasteiger partial charge in [0.15, 0.2) is 5.96 Å². The Morgan fingerprint density at radius 2 is 1.55 bits per heavy atom. The Morgan fingerprint density at radius 3 is 2.10 bits per heavy atom. The molecule has 6 heteroatoms. The third-order valence-corrected chi connectivity index (χ3v) is 6.40. The Kier molecular flexibility index (Phi) is 8.62. The minimum absolute atomic E-state index is 0.350. The number of hydrogen-bond acceptors (Lipinski definition) is 4. The van der Waals surface area contributed by atoms with Gasteiger partial charge >= 0.3 is 0 Å². The predicted molar refractivity (Wildman–Crippen MR) is 121 cm³/mol. The number of ether oxygens (including phenoxy) is 1. The number of aliphatic imine (C=N–C) groups is 1. The molecule has 2 N–H and O–H groups in total. The van der Waals surface area contributed by atoms with Crippen LogP contribution in [0.15, 0.2) is 29.3 Å². The summed E-state index contributed by atoms with van der Waals surface area (Å²) in [6, 6.07) is 9.45. The molecule has 2 aliphatic heterocycles. The first-order valence-corrected chi connectivity index (χ1v) is 11.3. The quantitative estimate of drug-likeness (QED) is 0.492. The summed E-state index contributed by atoms with van der Waals surface area (Å²) in [7, 11) is 3.58. The summed E-state index contributed by atoms with van der Waals surface area (Å²) in [4.78, 5) is 9.68. The molecule has 0 spiro atoms. The van der Waals surface area contributed by atoms with Gasteiger partial charge in [-0.1, -0.05) is 19.1 Å². The first-order chi connectivity index (χ1) is 14.2. The third kappa shape index (κ3) is 6.09. The van der Waals surface area contributed by atoms with Gasteiger partial charge in [0.05, 0.1) is 13.2 Å². The van der Waals surface area contributed by atoms with Crippen LogP contribution < -0.4 is 15.4 Å². The first kappa shape index (κ1) is 21.9. The first-order valence-electron chi connectivity index (χ1n) is 11.3. The maximum absolute atomic E-state index is 5.33. The van der Waals surface area contributed by atoms with Gasteiger partial charge in [-0.25, -0.2) is 0 Å². The van der Waals surface area contributed by atoms with Gasteiger partial charge in [-0.3, -0.25) is 14.8 Å². The number of benzene rings is 1. The van der Waals surface area contributed by atoms with E-state index in [4.69, 9.17) is 4.74 Å². The summed E-state index contributed by atoms with van der Waals surface area (Å²) in [6.07, 6.45) is 6.42. The average molecular weight is 402 g/mol. The molecule has 3 rings (SSSR count). The molecule has 0 aliphatic carbocycles. The number of hydrogen-bond donors (Lipinski definition) is 2. The summed E-state index contributed by atoms with van der Waals surface area (Å²) in [5.74, 6) is 1.81. The molecule has 1 aromatic carbocycles. The van der Waals surface area contributed by atoms with Crippen molar-refractivity contribution >= 4 is 5.96 Å². The number of rotatable bonds is 9. The van der Waals surface area contributed by atoms with Crippen LogP contribution in [-0.4, -0.2) is 75.2 Å². The second-order valence-corrected chi connectivity index (χ2v) is 8.17.